The molecule has 2 N–H and O–H groups in total. The third-order valence-corrected chi connectivity index (χ3v) is 3.74. The smallest absolute Gasteiger partial charge is 0.136 e. The zero-order chi connectivity index (χ0) is 12.0. The van der Waals surface area contributed by atoms with Gasteiger partial charge in [-0.3, -0.25) is 0 Å². The maximum Gasteiger partial charge on any atom is 0.136 e. The molecule has 0 amide bonds. The van der Waals surface area contributed by atoms with Crippen molar-refractivity contribution in [3.05, 3.63) is 29.5 Å². The van der Waals surface area contributed by atoms with Crippen LogP contribution in [0.25, 0.3) is 11.0 Å². The molecule has 0 spiro atoms. The Morgan fingerprint density at radius 3 is 2.88 bits per heavy atom. The quantitative estimate of drug-likeness (QED) is 0.818. The first-order valence-corrected chi connectivity index (χ1v) is 6.16. The SMILES string of the molecule is Cc1oc2cccc(N3CCC(N)C3)c2c1C. The van der Waals surface area contributed by atoms with Crippen LogP contribution in [-0.2, 0) is 0 Å². The van der Waals surface area contributed by atoms with E-state index in [0.29, 0.717) is 6.04 Å². The number of benzene rings is 1. The summed E-state index contributed by atoms with van der Waals surface area (Å²) in [6.07, 6.45) is 1.08. The van der Waals surface area contributed by atoms with E-state index in [9.17, 15) is 0 Å². The van der Waals surface area contributed by atoms with Crippen molar-refractivity contribution in [1.29, 1.82) is 0 Å². The number of hydrogen-bond donors (Lipinski definition) is 1. The minimum atomic E-state index is 0.304. The third-order valence-electron chi connectivity index (χ3n) is 3.74. The Labute approximate surface area is 101 Å². The molecule has 0 saturated carbocycles. The highest BCUT2D eigenvalue weighted by Gasteiger charge is 2.22. The fraction of sp³-hybridized carbons (Fsp3) is 0.429. The molecular weight excluding hydrogens is 212 g/mol. The predicted molar refractivity (Wildman–Crippen MR) is 70.5 cm³/mol. The van der Waals surface area contributed by atoms with E-state index in [0.717, 1.165) is 30.9 Å². The average molecular weight is 230 g/mol. The molecule has 1 fully saturated rings. The first kappa shape index (κ1) is 10.7. The number of nitrogens with zero attached hydrogens (tertiary/aromatic N) is 1. The van der Waals surface area contributed by atoms with E-state index in [1.807, 2.05) is 13.0 Å². The van der Waals surface area contributed by atoms with Gasteiger partial charge < -0.3 is 15.1 Å². The molecule has 2 heterocycles. The summed E-state index contributed by atoms with van der Waals surface area (Å²) in [5, 5.41) is 1.25. The zero-order valence-electron chi connectivity index (χ0n) is 10.4. The molecule has 1 aromatic heterocycles. The van der Waals surface area contributed by atoms with Gasteiger partial charge in [0.25, 0.3) is 0 Å². The van der Waals surface area contributed by atoms with E-state index in [1.54, 1.807) is 0 Å². The van der Waals surface area contributed by atoms with Crippen LogP contribution in [0.2, 0.25) is 0 Å². The predicted octanol–water partition coefficient (Wildman–Crippen LogP) is 2.59. The molecule has 0 bridgehead atoms. The van der Waals surface area contributed by atoms with E-state index in [-0.39, 0.29) is 0 Å². The van der Waals surface area contributed by atoms with E-state index in [2.05, 4.69) is 24.0 Å². The van der Waals surface area contributed by atoms with Gasteiger partial charge in [0.2, 0.25) is 0 Å². The fourth-order valence-electron chi connectivity index (χ4n) is 2.67. The van der Waals surface area contributed by atoms with Gasteiger partial charge in [-0.15, -0.1) is 0 Å². The summed E-state index contributed by atoms with van der Waals surface area (Å²) in [6.45, 7) is 6.14. The second kappa shape index (κ2) is 3.77. The van der Waals surface area contributed by atoms with E-state index in [4.69, 9.17) is 10.2 Å². The number of anilines is 1. The van der Waals surface area contributed by atoms with Crippen LogP contribution < -0.4 is 10.6 Å². The molecule has 1 aliphatic heterocycles. The van der Waals surface area contributed by atoms with Crippen LogP contribution in [0.5, 0.6) is 0 Å². The molecule has 90 valence electrons. The van der Waals surface area contributed by atoms with Crippen molar-refractivity contribution in [2.45, 2.75) is 26.3 Å². The number of nitrogens with two attached hydrogens (primary N) is 1. The highest BCUT2D eigenvalue weighted by Crippen LogP contribution is 2.34. The lowest BCUT2D eigenvalue weighted by Crippen LogP contribution is -2.26. The van der Waals surface area contributed by atoms with E-state index >= 15 is 0 Å². The summed E-state index contributed by atoms with van der Waals surface area (Å²) in [5.74, 6) is 1.01. The largest absolute Gasteiger partial charge is 0.461 e. The van der Waals surface area contributed by atoms with Crippen LogP contribution in [0.3, 0.4) is 0 Å². The van der Waals surface area contributed by atoms with Gasteiger partial charge in [0.05, 0.1) is 0 Å². The minimum absolute atomic E-state index is 0.304. The Balaban J connectivity index is 2.16. The average Bonchev–Trinajstić information content (AvgIpc) is 2.85. The van der Waals surface area contributed by atoms with Gasteiger partial charge in [-0.05, 0) is 32.4 Å². The molecule has 1 aromatic carbocycles. The molecule has 1 saturated heterocycles. The summed E-state index contributed by atoms with van der Waals surface area (Å²) in [6, 6.07) is 6.57. The molecule has 0 radical (unpaired) electrons. The van der Waals surface area contributed by atoms with E-state index < -0.39 is 0 Å². The molecule has 3 heteroatoms. The number of furan rings is 1. The zero-order valence-corrected chi connectivity index (χ0v) is 10.4. The van der Waals surface area contributed by atoms with Gasteiger partial charge in [0, 0.05) is 35.8 Å². The summed E-state index contributed by atoms with van der Waals surface area (Å²) < 4.78 is 5.77. The topological polar surface area (TPSA) is 42.4 Å². The normalized spacial score (nSPS) is 20.4. The highest BCUT2D eigenvalue weighted by atomic mass is 16.3. The fourth-order valence-corrected chi connectivity index (χ4v) is 2.67. The van der Waals surface area contributed by atoms with Crippen LogP contribution in [0.4, 0.5) is 5.69 Å². The van der Waals surface area contributed by atoms with E-state index in [1.165, 1.54) is 16.6 Å². The monoisotopic (exact) mass is 230 g/mol. The van der Waals surface area contributed by atoms with Gasteiger partial charge in [0.1, 0.15) is 11.3 Å². The number of aryl methyl sites for hydroxylation is 2. The first-order chi connectivity index (χ1) is 8.16. The first-order valence-electron chi connectivity index (χ1n) is 6.16. The number of fused-ring (bicyclic) bond motifs is 1. The van der Waals surface area contributed by atoms with Gasteiger partial charge in [-0.2, -0.15) is 0 Å². The van der Waals surface area contributed by atoms with Crippen LogP contribution >= 0.6 is 0 Å². The Morgan fingerprint density at radius 1 is 1.35 bits per heavy atom. The van der Waals surface area contributed by atoms with Crippen LogP contribution in [-0.4, -0.2) is 19.1 Å². The Hall–Kier alpha value is -1.48. The lowest BCUT2D eigenvalue weighted by atomic mass is 10.1. The van der Waals surface area contributed by atoms with Crippen LogP contribution in [0.15, 0.2) is 22.6 Å². The summed E-state index contributed by atoms with van der Waals surface area (Å²) in [7, 11) is 0. The summed E-state index contributed by atoms with van der Waals surface area (Å²) in [5.41, 5.74) is 9.48. The van der Waals surface area contributed by atoms with Gasteiger partial charge in [-0.25, -0.2) is 0 Å². The molecule has 1 aliphatic rings. The van der Waals surface area contributed by atoms with Crippen LogP contribution in [0.1, 0.15) is 17.7 Å². The van der Waals surface area contributed by atoms with Gasteiger partial charge in [0.15, 0.2) is 0 Å². The maximum absolute atomic E-state index is 5.98. The Kier molecular flexibility index (Phi) is 2.37. The van der Waals surface area contributed by atoms with Crippen molar-refractivity contribution >= 4 is 16.7 Å². The highest BCUT2D eigenvalue weighted by molar-refractivity contribution is 5.94. The van der Waals surface area contributed by atoms with Crippen molar-refractivity contribution in [2.75, 3.05) is 18.0 Å². The minimum Gasteiger partial charge on any atom is -0.461 e. The lowest BCUT2D eigenvalue weighted by Gasteiger charge is -2.19. The summed E-state index contributed by atoms with van der Waals surface area (Å²) in [4.78, 5) is 2.37. The standard InChI is InChI=1S/C14H18N2O/c1-9-10(2)17-13-5-3-4-12(14(9)13)16-7-6-11(15)8-16/h3-5,11H,6-8,15H2,1-2H3. The second-order valence-electron chi connectivity index (χ2n) is 4.93. The van der Waals surface area contributed by atoms with Crippen molar-refractivity contribution < 1.29 is 4.42 Å². The van der Waals surface area contributed by atoms with Crippen molar-refractivity contribution in [1.82, 2.24) is 0 Å². The molecule has 3 rings (SSSR count). The summed E-state index contributed by atoms with van der Waals surface area (Å²) >= 11 is 0. The maximum atomic E-state index is 5.98. The van der Waals surface area contributed by atoms with Gasteiger partial charge in [-0.1, -0.05) is 6.07 Å². The molecular formula is C14H18N2O. The molecule has 17 heavy (non-hydrogen) atoms. The number of hydrogen-bond acceptors (Lipinski definition) is 3. The molecule has 1 atom stereocenters. The van der Waals surface area contributed by atoms with Crippen molar-refractivity contribution in [2.24, 2.45) is 5.73 Å². The molecule has 2 aromatic rings. The second-order valence-corrected chi connectivity index (χ2v) is 4.93. The lowest BCUT2D eigenvalue weighted by molar-refractivity contribution is 0.575. The number of rotatable bonds is 1. The molecule has 1 unspecified atom stereocenters. The van der Waals surface area contributed by atoms with Crippen molar-refractivity contribution in [3.63, 3.8) is 0 Å². The van der Waals surface area contributed by atoms with Gasteiger partial charge >= 0.3 is 0 Å². The molecule has 3 nitrogen and oxygen atoms in total. The third kappa shape index (κ3) is 1.62. The Bertz CT molecular complexity index is 559. The Morgan fingerprint density at radius 2 is 2.18 bits per heavy atom. The molecule has 0 aliphatic carbocycles. The van der Waals surface area contributed by atoms with Crippen molar-refractivity contribution in [3.8, 4) is 0 Å². The van der Waals surface area contributed by atoms with Crippen LogP contribution in [0, 0.1) is 13.8 Å².